The van der Waals surface area contributed by atoms with Gasteiger partial charge in [-0.15, -0.1) is 0 Å². The molecule has 0 heterocycles. The quantitative estimate of drug-likeness (QED) is 0.787. The number of carbonyl (C=O) groups excluding carboxylic acids is 2. The van der Waals surface area contributed by atoms with Crippen LogP contribution in [0, 0.1) is 5.92 Å². The molecule has 1 aliphatic carbocycles. The molecule has 1 rings (SSSR count). The summed E-state index contributed by atoms with van der Waals surface area (Å²) in [5.41, 5.74) is -0.478. The van der Waals surface area contributed by atoms with Crippen molar-refractivity contribution in [2.24, 2.45) is 5.92 Å². The van der Waals surface area contributed by atoms with Gasteiger partial charge in [-0.2, -0.15) is 0 Å². The van der Waals surface area contributed by atoms with Gasteiger partial charge in [0, 0.05) is 12.5 Å². The molecule has 1 amide bonds. The lowest BCUT2D eigenvalue weighted by Crippen LogP contribution is -2.38. The Morgan fingerprint density at radius 3 is 2.50 bits per heavy atom. The van der Waals surface area contributed by atoms with E-state index in [1.807, 2.05) is 20.8 Å². The molecule has 1 saturated carbocycles. The van der Waals surface area contributed by atoms with Crippen molar-refractivity contribution in [3.63, 3.8) is 0 Å². The van der Waals surface area contributed by atoms with Gasteiger partial charge in [0.25, 0.3) is 0 Å². The predicted molar refractivity (Wildman–Crippen MR) is 67.1 cm³/mol. The second-order valence-corrected chi connectivity index (χ2v) is 5.80. The van der Waals surface area contributed by atoms with Crippen molar-refractivity contribution in [1.82, 2.24) is 5.32 Å². The minimum Gasteiger partial charge on any atom is -0.469 e. The summed E-state index contributed by atoms with van der Waals surface area (Å²) in [6.07, 6.45) is 2.69. The van der Waals surface area contributed by atoms with Gasteiger partial charge in [-0.1, -0.05) is 0 Å². The number of ether oxygens (including phenoxy) is 2. The highest BCUT2D eigenvalue weighted by Crippen LogP contribution is 2.28. The molecule has 1 fully saturated rings. The van der Waals surface area contributed by atoms with Crippen molar-refractivity contribution in [2.45, 2.75) is 58.1 Å². The zero-order valence-electron chi connectivity index (χ0n) is 11.6. The zero-order chi connectivity index (χ0) is 13.8. The molecule has 5 heteroatoms. The van der Waals surface area contributed by atoms with E-state index in [4.69, 9.17) is 4.74 Å². The molecule has 1 N–H and O–H groups in total. The van der Waals surface area contributed by atoms with Crippen molar-refractivity contribution >= 4 is 12.1 Å². The third-order valence-electron chi connectivity index (χ3n) is 2.95. The van der Waals surface area contributed by atoms with E-state index >= 15 is 0 Å². The summed E-state index contributed by atoms with van der Waals surface area (Å²) in [5.74, 6) is 0.121. The van der Waals surface area contributed by atoms with Crippen LogP contribution in [0.1, 0.15) is 46.5 Å². The largest absolute Gasteiger partial charge is 0.469 e. The molecule has 0 radical (unpaired) electrons. The SMILES string of the molecule is COC(=O)C[C@@H]1CC[C@H](NC(=O)OC(C)(C)C)C1. The maximum Gasteiger partial charge on any atom is 0.407 e. The van der Waals surface area contributed by atoms with E-state index < -0.39 is 5.60 Å². The number of hydrogen-bond acceptors (Lipinski definition) is 4. The standard InChI is InChI=1S/C13H23NO4/c1-13(2,3)18-12(16)14-10-6-5-9(7-10)8-11(15)17-4/h9-10H,5-8H2,1-4H3,(H,14,16)/t9-,10+/m1/s1. The molecule has 0 aromatic rings. The number of carbonyl (C=O) groups is 2. The van der Waals surface area contributed by atoms with Gasteiger partial charge >= 0.3 is 12.1 Å². The molecule has 2 atom stereocenters. The Kier molecular flexibility index (Phi) is 4.99. The molecule has 5 nitrogen and oxygen atoms in total. The van der Waals surface area contributed by atoms with Gasteiger partial charge in [0.1, 0.15) is 5.60 Å². The van der Waals surface area contributed by atoms with E-state index in [-0.39, 0.29) is 18.1 Å². The first-order valence-electron chi connectivity index (χ1n) is 6.36. The van der Waals surface area contributed by atoms with Crippen LogP contribution >= 0.6 is 0 Å². The van der Waals surface area contributed by atoms with Crippen molar-refractivity contribution in [1.29, 1.82) is 0 Å². The lowest BCUT2D eigenvalue weighted by molar-refractivity contribution is -0.141. The Hall–Kier alpha value is -1.26. The van der Waals surface area contributed by atoms with Gasteiger partial charge < -0.3 is 14.8 Å². The summed E-state index contributed by atoms with van der Waals surface area (Å²) in [4.78, 5) is 22.7. The van der Waals surface area contributed by atoms with Gasteiger partial charge in [-0.25, -0.2) is 4.79 Å². The fourth-order valence-corrected chi connectivity index (χ4v) is 2.18. The number of esters is 1. The topological polar surface area (TPSA) is 64.6 Å². The summed E-state index contributed by atoms with van der Waals surface area (Å²) >= 11 is 0. The minimum atomic E-state index is -0.478. The molecule has 0 aliphatic heterocycles. The van der Waals surface area contributed by atoms with E-state index in [9.17, 15) is 9.59 Å². The monoisotopic (exact) mass is 257 g/mol. The Morgan fingerprint density at radius 2 is 1.94 bits per heavy atom. The summed E-state index contributed by atoms with van der Waals surface area (Å²) in [6.45, 7) is 5.50. The van der Waals surface area contributed by atoms with Crippen LogP contribution in [0.2, 0.25) is 0 Å². The fourth-order valence-electron chi connectivity index (χ4n) is 2.18. The Bertz CT molecular complexity index is 309. The first-order valence-corrected chi connectivity index (χ1v) is 6.36. The average molecular weight is 257 g/mol. The molecule has 0 saturated heterocycles. The third-order valence-corrected chi connectivity index (χ3v) is 2.95. The van der Waals surface area contributed by atoms with Crippen LogP contribution in [-0.4, -0.2) is 30.8 Å². The van der Waals surface area contributed by atoms with E-state index in [0.717, 1.165) is 19.3 Å². The molecular formula is C13H23NO4. The van der Waals surface area contributed by atoms with Gasteiger partial charge in [0.05, 0.1) is 7.11 Å². The highest BCUT2D eigenvalue weighted by atomic mass is 16.6. The molecule has 0 spiro atoms. The Balaban J connectivity index is 2.30. The smallest absolute Gasteiger partial charge is 0.407 e. The first-order chi connectivity index (χ1) is 8.30. The zero-order valence-corrected chi connectivity index (χ0v) is 11.6. The normalized spacial score (nSPS) is 23.6. The van der Waals surface area contributed by atoms with E-state index in [1.165, 1.54) is 7.11 Å². The average Bonchev–Trinajstić information content (AvgIpc) is 2.62. The van der Waals surface area contributed by atoms with Gasteiger partial charge in [0.2, 0.25) is 0 Å². The minimum absolute atomic E-state index is 0.106. The van der Waals surface area contributed by atoms with Crippen molar-refractivity contribution < 1.29 is 19.1 Å². The fraction of sp³-hybridized carbons (Fsp3) is 0.846. The molecule has 0 unspecified atom stereocenters. The van der Waals surface area contributed by atoms with Crippen molar-refractivity contribution in [2.75, 3.05) is 7.11 Å². The molecule has 104 valence electrons. The van der Waals surface area contributed by atoms with Crippen molar-refractivity contribution in [3.05, 3.63) is 0 Å². The Labute approximate surface area is 108 Å². The molecule has 18 heavy (non-hydrogen) atoms. The molecule has 0 aromatic carbocycles. The van der Waals surface area contributed by atoms with Gasteiger partial charge in [-0.3, -0.25) is 4.79 Å². The highest BCUT2D eigenvalue weighted by molar-refractivity contribution is 5.70. The van der Waals surface area contributed by atoms with Crippen LogP contribution in [0.3, 0.4) is 0 Å². The van der Waals surface area contributed by atoms with Gasteiger partial charge in [0.15, 0.2) is 0 Å². The summed E-state index contributed by atoms with van der Waals surface area (Å²) in [7, 11) is 1.40. The molecule has 0 bridgehead atoms. The van der Waals surface area contributed by atoms with Crippen LogP contribution in [0.15, 0.2) is 0 Å². The highest BCUT2D eigenvalue weighted by Gasteiger charge is 2.29. The second-order valence-electron chi connectivity index (χ2n) is 5.80. The van der Waals surface area contributed by atoms with E-state index in [2.05, 4.69) is 10.1 Å². The van der Waals surface area contributed by atoms with E-state index in [1.54, 1.807) is 0 Å². The maximum atomic E-state index is 11.6. The summed E-state index contributed by atoms with van der Waals surface area (Å²) in [6, 6.07) is 0.106. The number of rotatable bonds is 3. The number of amides is 1. The van der Waals surface area contributed by atoms with Crippen LogP contribution in [-0.2, 0) is 14.3 Å². The van der Waals surface area contributed by atoms with Gasteiger partial charge in [-0.05, 0) is 46.0 Å². The number of nitrogens with one attached hydrogen (secondary N) is 1. The predicted octanol–water partition coefficient (Wildman–Crippen LogP) is 2.24. The van der Waals surface area contributed by atoms with E-state index in [0.29, 0.717) is 12.3 Å². The Morgan fingerprint density at radius 1 is 1.28 bits per heavy atom. The second kappa shape index (κ2) is 6.07. The number of methoxy groups -OCH3 is 1. The number of hydrogen-bond donors (Lipinski definition) is 1. The van der Waals surface area contributed by atoms with Crippen molar-refractivity contribution in [3.8, 4) is 0 Å². The lowest BCUT2D eigenvalue weighted by atomic mass is 10.0. The maximum absolute atomic E-state index is 11.6. The van der Waals surface area contributed by atoms with Crippen LogP contribution < -0.4 is 5.32 Å². The lowest BCUT2D eigenvalue weighted by Gasteiger charge is -2.21. The third kappa shape index (κ3) is 5.38. The van der Waals surface area contributed by atoms with Crippen LogP contribution in [0.4, 0.5) is 4.79 Å². The summed E-state index contributed by atoms with van der Waals surface area (Å²) in [5, 5.41) is 2.84. The molecule has 1 aliphatic rings. The first kappa shape index (κ1) is 14.8. The number of alkyl carbamates (subject to hydrolysis) is 1. The molecular weight excluding hydrogens is 234 g/mol. The van der Waals surface area contributed by atoms with Crippen LogP contribution in [0.25, 0.3) is 0 Å². The summed E-state index contributed by atoms with van der Waals surface area (Å²) < 4.78 is 9.84. The molecule has 0 aromatic heterocycles. The van der Waals surface area contributed by atoms with Crippen LogP contribution in [0.5, 0.6) is 0 Å².